The number of quaternary nitrogens is 2. The first-order valence-electron chi connectivity index (χ1n) is 5.67. The average Bonchev–Trinajstić information content (AvgIpc) is 2.56. The van der Waals surface area contributed by atoms with Crippen molar-refractivity contribution in [1.82, 2.24) is 21.9 Å². The van der Waals surface area contributed by atoms with Crippen LogP contribution < -0.4 is 33.3 Å². The van der Waals surface area contributed by atoms with Crippen molar-refractivity contribution < 1.29 is 37.4 Å². The molecule has 1 saturated heterocycles. The summed E-state index contributed by atoms with van der Waals surface area (Å²) in [5.74, 6) is -5.77. The number of hydrogen-bond acceptors (Lipinski definition) is 7. The van der Waals surface area contributed by atoms with Gasteiger partial charge in [0.05, 0.1) is 12.3 Å². The largest absolute Gasteiger partial charge is 0.811 e. The van der Waals surface area contributed by atoms with Gasteiger partial charge in [0.15, 0.2) is 0 Å². The molecule has 1 aromatic rings. The molecule has 1 aromatic heterocycles. The van der Waals surface area contributed by atoms with E-state index in [2.05, 4.69) is 4.74 Å². The van der Waals surface area contributed by atoms with Crippen LogP contribution in [0.1, 0.15) is 6.23 Å². The van der Waals surface area contributed by atoms with Crippen LogP contribution in [0, 0.1) is 5.82 Å². The summed E-state index contributed by atoms with van der Waals surface area (Å²) in [6.07, 6.45) is -8.72. The number of H-pyrrole nitrogens is 1. The molecule has 0 radical (unpaired) electrons. The van der Waals surface area contributed by atoms with E-state index in [9.17, 15) is 42.2 Å². The molecule has 1 aliphatic rings. The van der Waals surface area contributed by atoms with Gasteiger partial charge in [-0.2, -0.15) is 13.2 Å². The standard InChI is InChI=1S/C9H10F3N2O7P.2H3N/c10-3-1-14(8(17)13-6(3)16)7-9(11,12)5(15)4(21-7)2-22(18,19)20;;/h1,4-5,7,15H,2H2,(H,13,16,17)(H2,18,19,20);2*1H3/t4-,5-,7-;;/m1../s1. The molecule has 1 aliphatic heterocycles. The van der Waals surface area contributed by atoms with Crippen molar-refractivity contribution in [2.45, 2.75) is 24.4 Å². The van der Waals surface area contributed by atoms with Gasteiger partial charge in [-0.3, -0.25) is 14.3 Å². The van der Waals surface area contributed by atoms with Crippen LogP contribution in [0.5, 0.6) is 0 Å². The molecular weight excluding hydrogens is 364 g/mol. The monoisotopic (exact) mass is 380 g/mol. The predicted octanol–water partition coefficient (Wildman–Crippen LogP) is -1.76. The maximum Gasteiger partial charge on any atom is 0.330 e. The minimum Gasteiger partial charge on any atom is -0.811 e. The Kier molecular flexibility index (Phi) is 6.69. The van der Waals surface area contributed by atoms with Crippen molar-refractivity contribution in [2.24, 2.45) is 0 Å². The molecule has 0 aliphatic carbocycles. The molecule has 24 heavy (non-hydrogen) atoms. The molecule has 11 nitrogen and oxygen atoms in total. The Hall–Kier alpha value is -1.54. The average molecular weight is 380 g/mol. The second-order valence-corrected chi connectivity index (χ2v) is 6.17. The van der Waals surface area contributed by atoms with E-state index in [-0.39, 0.29) is 23.1 Å². The van der Waals surface area contributed by atoms with E-state index in [1.165, 1.54) is 4.98 Å². The number of aromatic nitrogens is 2. The van der Waals surface area contributed by atoms with Crippen LogP contribution in [0.25, 0.3) is 0 Å². The normalized spacial score (nSPS) is 25.7. The number of alkyl halides is 2. The molecular formula is C9H16F3N4O7P. The Bertz CT molecular complexity index is 747. The number of hydrogen-bond donors (Lipinski definition) is 4. The number of aromatic amines is 1. The fraction of sp³-hybridized carbons (Fsp3) is 0.556. The highest BCUT2D eigenvalue weighted by Gasteiger charge is 2.59. The zero-order chi connectivity index (χ0) is 16.9. The Morgan fingerprint density at radius 3 is 2.42 bits per heavy atom. The maximum atomic E-state index is 13.9. The molecule has 0 bridgehead atoms. The van der Waals surface area contributed by atoms with E-state index in [0.29, 0.717) is 0 Å². The van der Waals surface area contributed by atoms with Gasteiger partial charge in [0.2, 0.25) is 12.0 Å². The molecule has 0 saturated carbocycles. The van der Waals surface area contributed by atoms with Gasteiger partial charge in [0.1, 0.15) is 6.10 Å². The Labute approximate surface area is 131 Å². The van der Waals surface area contributed by atoms with Crippen molar-refractivity contribution in [1.29, 1.82) is 0 Å². The first-order valence-corrected chi connectivity index (χ1v) is 7.39. The molecule has 15 heteroatoms. The lowest BCUT2D eigenvalue weighted by atomic mass is 10.1. The topological polar surface area (TPSA) is 221 Å². The van der Waals surface area contributed by atoms with Crippen LogP contribution in [0.3, 0.4) is 0 Å². The van der Waals surface area contributed by atoms with Crippen molar-refractivity contribution in [3.05, 3.63) is 32.9 Å². The Morgan fingerprint density at radius 2 is 1.92 bits per heavy atom. The second-order valence-electron chi connectivity index (χ2n) is 4.58. The molecule has 140 valence electrons. The molecule has 2 rings (SSSR count). The van der Waals surface area contributed by atoms with Crippen molar-refractivity contribution >= 4 is 7.60 Å². The van der Waals surface area contributed by atoms with Crippen molar-refractivity contribution in [2.75, 3.05) is 6.16 Å². The van der Waals surface area contributed by atoms with E-state index in [4.69, 9.17) is 0 Å². The zero-order valence-corrected chi connectivity index (χ0v) is 13.3. The number of ether oxygens (including phenoxy) is 1. The van der Waals surface area contributed by atoms with E-state index < -0.39 is 55.2 Å². The van der Waals surface area contributed by atoms with Gasteiger partial charge in [0, 0.05) is 6.16 Å². The van der Waals surface area contributed by atoms with Gasteiger partial charge < -0.3 is 36.5 Å². The molecule has 3 atom stereocenters. The highest BCUT2D eigenvalue weighted by atomic mass is 31.2. The van der Waals surface area contributed by atoms with Gasteiger partial charge in [-0.05, 0) is 0 Å². The van der Waals surface area contributed by atoms with Crippen LogP contribution in [0.4, 0.5) is 13.2 Å². The van der Waals surface area contributed by atoms with E-state index in [1.807, 2.05) is 0 Å². The smallest absolute Gasteiger partial charge is 0.330 e. The summed E-state index contributed by atoms with van der Waals surface area (Å²) in [7, 11) is -5.29. The number of nitrogens with zero attached hydrogens (tertiary/aromatic N) is 1. The SMILES string of the molecule is O=c1[nH]c(=O)n([C@@H]2O[C@H](CP(=O)([O-])[O-])[C@@H](O)C2(F)F)cc1F.[NH4+].[NH4+]. The summed E-state index contributed by atoms with van der Waals surface area (Å²) in [4.78, 5) is 44.9. The summed E-state index contributed by atoms with van der Waals surface area (Å²) in [6, 6.07) is 0. The third-order valence-corrected chi connectivity index (χ3v) is 3.77. The number of nitrogens with one attached hydrogen (secondary N) is 1. The quantitative estimate of drug-likeness (QED) is 0.441. The number of halogens is 3. The van der Waals surface area contributed by atoms with Crippen molar-refractivity contribution in [3.8, 4) is 0 Å². The van der Waals surface area contributed by atoms with E-state index >= 15 is 0 Å². The lowest BCUT2D eigenvalue weighted by molar-refractivity contribution is -0.315. The van der Waals surface area contributed by atoms with Crippen LogP contribution in [0.2, 0.25) is 0 Å². The summed E-state index contributed by atoms with van der Waals surface area (Å²) in [5.41, 5.74) is -2.92. The van der Waals surface area contributed by atoms with Gasteiger partial charge in [0.25, 0.3) is 5.56 Å². The minimum absolute atomic E-state index is 0. The molecule has 0 spiro atoms. The lowest BCUT2D eigenvalue weighted by Crippen LogP contribution is -2.43. The Balaban J connectivity index is 0.00000264. The number of aliphatic hydroxyl groups is 1. The lowest BCUT2D eigenvalue weighted by Gasteiger charge is -2.32. The van der Waals surface area contributed by atoms with Crippen LogP contribution in [0.15, 0.2) is 15.8 Å². The zero-order valence-electron chi connectivity index (χ0n) is 12.4. The highest BCUT2D eigenvalue weighted by Crippen LogP contribution is 2.44. The molecule has 10 N–H and O–H groups in total. The summed E-state index contributed by atoms with van der Waals surface area (Å²) >= 11 is 0. The Morgan fingerprint density at radius 1 is 1.38 bits per heavy atom. The maximum absolute atomic E-state index is 13.9. The first-order chi connectivity index (χ1) is 9.93. The molecule has 0 aromatic carbocycles. The predicted molar refractivity (Wildman–Crippen MR) is 70.6 cm³/mol. The van der Waals surface area contributed by atoms with Gasteiger partial charge in [-0.1, -0.05) is 7.60 Å². The number of aliphatic hydroxyl groups excluding tert-OH is 1. The molecule has 1 fully saturated rings. The highest BCUT2D eigenvalue weighted by molar-refractivity contribution is 7.48. The minimum atomic E-state index is -5.29. The first kappa shape index (κ1) is 22.5. The fourth-order valence-electron chi connectivity index (χ4n) is 1.97. The van der Waals surface area contributed by atoms with Gasteiger partial charge in [-0.15, -0.1) is 0 Å². The van der Waals surface area contributed by atoms with E-state index in [0.717, 1.165) is 0 Å². The molecule has 2 heterocycles. The third-order valence-electron chi connectivity index (χ3n) is 2.96. The van der Waals surface area contributed by atoms with Gasteiger partial charge >= 0.3 is 11.6 Å². The molecule has 0 unspecified atom stereocenters. The third kappa shape index (κ3) is 4.10. The summed E-state index contributed by atoms with van der Waals surface area (Å²) in [6.45, 7) is 0. The van der Waals surface area contributed by atoms with Gasteiger partial charge in [-0.25, -0.2) is 4.79 Å². The fourth-order valence-corrected chi connectivity index (χ4v) is 2.70. The van der Waals surface area contributed by atoms with Crippen LogP contribution >= 0.6 is 7.60 Å². The van der Waals surface area contributed by atoms with E-state index in [1.54, 1.807) is 0 Å². The summed E-state index contributed by atoms with van der Waals surface area (Å²) in [5, 5.41) is 9.37. The van der Waals surface area contributed by atoms with Crippen LogP contribution in [-0.4, -0.2) is 38.9 Å². The summed E-state index contributed by atoms with van der Waals surface area (Å²) < 4.78 is 56.0. The molecule has 0 amide bonds. The number of rotatable bonds is 3. The van der Waals surface area contributed by atoms with Crippen LogP contribution in [-0.2, 0) is 9.30 Å². The second kappa shape index (κ2) is 7.14. The van der Waals surface area contributed by atoms with Crippen molar-refractivity contribution in [3.63, 3.8) is 0 Å².